The van der Waals surface area contributed by atoms with Crippen LogP contribution in [0.5, 0.6) is 0 Å². The van der Waals surface area contributed by atoms with Crippen LogP contribution >= 0.6 is 0 Å². The van der Waals surface area contributed by atoms with E-state index in [9.17, 15) is 5.11 Å². The Bertz CT molecular complexity index is 401. The van der Waals surface area contributed by atoms with E-state index in [4.69, 9.17) is 0 Å². The van der Waals surface area contributed by atoms with Crippen molar-refractivity contribution in [3.05, 3.63) is 30.3 Å². The number of hydrogen-bond acceptors (Lipinski definition) is 3. The molecule has 1 heterocycles. The summed E-state index contributed by atoms with van der Waals surface area (Å²) < 4.78 is 0. The van der Waals surface area contributed by atoms with Gasteiger partial charge < -0.3 is 15.3 Å². The summed E-state index contributed by atoms with van der Waals surface area (Å²) in [6.07, 6.45) is 5.73. The third-order valence-electron chi connectivity index (χ3n) is 4.90. The second-order valence-corrected chi connectivity index (χ2v) is 6.26. The van der Waals surface area contributed by atoms with Gasteiger partial charge in [0.2, 0.25) is 0 Å². The molecule has 2 unspecified atom stereocenters. The predicted molar refractivity (Wildman–Crippen MR) is 83.0 cm³/mol. The summed E-state index contributed by atoms with van der Waals surface area (Å²) >= 11 is 0. The fourth-order valence-electron chi connectivity index (χ4n) is 3.55. The first kappa shape index (κ1) is 13.9. The molecule has 3 heteroatoms. The summed E-state index contributed by atoms with van der Waals surface area (Å²) in [6, 6.07) is 11.3. The lowest BCUT2D eigenvalue weighted by Gasteiger charge is -2.34. The number of rotatable bonds is 4. The molecule has 1 aromatic carbocycles. The molecule has 2 N–H and O–H groups in total. The van der Waals surface area contributed by atoms with Gasteiger partial charge in [0.05, 0.1) is 6.10 Å². The van der Waals surface area contributed by atoms with Gasteiger partial charge in [-0.1, -0.05) is 24.6 Å². The summed E-state index contributed by atoms with van der Waals surface area (Å²) in [6.45, 7) is 3.26. The molecule has 1 saturated carbocycles. The van der Waals surface area contributed by atoms with Crippen molar-refractivity contribution in [2.24, 2.45) is 5.92 Å². The molecule has 0 bridgehead atoms. The Kier molecular flexibility index (Phi) is 4.58. The highest BCUT2D eigenvalue weighted by Gasteiger charge is 2.26. The average molecular weight is 274 g/mol. The molecule has 3 rings (SSSR count). The van der Waals surface area contributed by atoms with Gasteiger partial charge in [0, 0.05) is 31.4 Å². The first-order chi connectivity index (χ1) is 9.83. The van der Waals surface area contributed by atoms with Crippen LogP contribution < -0.4 is 10.2 Å². The lowest BCUT2D eigenvalue weighted by atomic mass is 10.0. The maximum atomic E-state index is 9.86. The van der Waals surface area contributed by atoms with Crippen molar-refractivity contribution in [1.29, 1.82) is 0 Å². The van der Waals surface area contributed by atoms with Crippen LogP contribution in [0, 0.1) is 5.92 Å². The zero-order valence-corrected chi connectivity index (χ0v) is 12.2. The minimum atomic E-state index is -0.0630. The van der Waals surface area contributed by atoms with Gasteiger partial charge in [-0.25, -0.2) is 0 Å². The fourth-order valence-corrected chi connectivity index (χ4v) is 3.55. The van der Waals surface area contributed by atoms with Gasteiger partial charge in [0.25, 0.3) is 0 Å². The smallest absolute Gasteiger partial charge is 0.0580 e. The molecular weight excluding hydrogens is 248 g/mol. The molecule has 0 radical (unpaired) electrons. The van der Waals surface area contributed by atoms with Gasteiger partial charge in [-0.15, -0.1) is 0 Å². The van der Waals surface area contributed by atoms with E-state index in [2.05, 4.69) is 40.5 Å². The van der Waals surface area contributed by atoms with E-state index in [-0.39, 0.29) is 6.10 Å². The highest BCUT2D eigenvalue weighted by molar-refractivity contribution is 5.46. The molecule has 1 aliphatic heterocycles. The second-order valence-electron chi connectivity index (χ2n) is 6.26. The molecular formula is C17H26N2O. The first-order valence-corrected chi connectivity index (χ1v) is 8.04. The molecule has 1 aliphatic carbocycles. The normalized spacial score (nSPS) is 27.9. The molecule has 1 saturated heterocycles. The molecule has 110 valence electrons. The molecule has 0 spiro atoms. The number of aliphatic hydroxyl groups is 1. The molecule has 2 fully saturated rings. The minimum Gasteiger partial charge on any atom is -0.393 e. The lowest BCUT2D eigenvalue weighted by molar-refractivity contribution is 0.129. The van der Waals surface area contributed by atoms with Crippen LogP contribution in [0.25, 0.3) is 0 Å². The number of benzene rings is 1. The van der Waals surface area contributed by atoms with Crippen molar-refractivity contribution >= 4 is 5.69 Å². The molecule has 2 aliphatic rings. The van der Waals surface area contributed by atoms with E-state index in [0.717, 1.165) is 26.1 Å². The van der Waals surface area contributed by atoms with Crippen LogP contribution in [0.1, 0.15) is 32.1 Å². The van der Waals surface area contributed by atoms with Gasteiger partial charge in [-0.3, -0.25) is 0 Å². The van der Waals surface area contributed by atoms with Crippen LogP contribution in [-0.2, 0) is 0 Å². The standard InChI is InChI=1S/C17H26N2O/c20-17-8-4-5-14(17)13-18-15-9-11-19(12-10-15)16-6-2-1-3-7-16/h1-3,6-7,14-15,17-18,20H,4-5,8-13H2. The average Bonchev–Trinajstić information content (AvgIpc) is 2.92. The molecule has 1 aromatic rings. The van der Waals surface area contributed by atoms with Gasteiger partial charge in [0.1, 0.15) is 0 Å². The van der Waals surface area contributed by atoms with Crippen molar-refractivity contribution in [2.45, 2.75) is 44.2 Å². The highest BCUT2D eigenvalue weighted by atomic mass is 16.3. The monoisotopic (exact) mass is 274 g/mol. The Morgan fingerprint density at radius 2 is 1.80 bits per heavy atom. The Morgan fingerprint density at radius 1 is 1.05 bits per heavy atom. The molecule has 2 atom stereocenters. The van der Waals surface area contributed by atoms with Gasteiger partial charge in [-0.2, -0.15) is 0 Å². The van der Waals surface area contributed by atoms with E-state index in [1.54, 1.807) is 0 Å². The quantitative estimate of drug-likeness (QED) is 0.885. The van der Waals surface area contributed by atoms with E-state index < -0.39 is 0 Å². The molecule has 0 amide bonds. The zero-order valence-electron chi connectivity index (χ0n) is 12.2. The minimum absolute atomic E-state index is 0.0630. The van der Waals surface area contributed by atoms with Crippen molar-refractivity contribution < 1.29 is 5.11 Å². The number of anilines is 1. The lowest BCUT2D eigenvalue weighted by Crippen LogP contribution is -2.44. The Morgan fingerprint density at radius 3 is 2.45 bits per heavy atom. The van der Waals surface area contributed by atoms with Crippen molar-refractivity contribution in [3.8, 4) is 0 Å². The summed E-state index contributed by atoms with van der Waals surface area (Å²) in [7, 11) is 0. The maximum absolute atomic E-state index is 9.86. The van der Waals surface area contributed by atoms with Gasteiger partial charge >= 0.3 is 0 Å². The van der Waals surface area contributed by atoms with Crippen LogP contribution in [0.2, 0.25) is 0 Å². The van der Waals surface area contributed by atoms with E-state index >= 15 is 0 Å². The van der Waals surface area contributed by atoms with E-state index in [0.29, 0.717) is 12.0 Å². The van der Waals surface area contributed by atoms with Crippen LogP contribution in [-0.4, -0.2) is 36.9 Å². The fraction of sp³-hybridized carbons (Fsp3) is 0.647. The number of nitrogens with one attached hydrogen (secondary N) is 1. The van der Waals surface area contributed by atoms with Crippen molar-refractivity contribution in [2.75, 3.05) is 24.5 Å². The van der Waals surface area contributed by atoms with Gasteiger partial charge in [0.15, 0.2) is 0 Å². The third kappa shape index (κ3) is 3.33. The van der Waals surface area contributed by atoms with E-state index in [1.165, 1.54) is 31.4 Å². The largest absolute Gasteiger partial charge is 0.393 e. The number of hydrogen-bond donors (Lipinski definition) is 2. The topological polar surface area (TPSA) is 35.5 Å². The van der Waals surface area contributed by atoms with Crippen molar-refractivity contribution in [1.82, 2.24) is 5.32 Å². The SMILES string of the molecule is OC1CCCC1CNC1CCN(c2ccccc2)CC1. The number of nitrogens with zero attached hydrogens (tertiary/aromatic N) is 1. The van der Waals surface area contributed by atoms with Gasteiger partial charge in [-0.05, 0) is 43.7 Å². The summed E-state index contributed by atoms with van der Waals surface area (Å²) in [5, 5.41) is 13.5. The van der Waals surface area contributed by atoms with Crippen LogP contribution in [0.15, 0.2) is 30.3 Å². The van der Waals surface area contributed by atoms with Crippen LogP contribution in [0.3, 0.4) is 0 Å². The van der Waals surface area contributed by atoms with Crippen LogP contribution in [0.4, 0.5) is 5.69 Å². The zero-order chi connectivity index (χ0) is 13.8. The summed E-state index contributed by atoms with van der Waals surface area (Å²) in [5.41, 5.74) is 1.34. The highest BCUT2D eigenvalue weighted by Crippen LogP contribution is 2.25. The number of para-hydroxylation sites is 1. The number of aliphatic hydroxyl groups excluding tert-OH is 1. The molecule has 3 nitrogen and oxygen atoms in total. The Labute approximate surface area is 122 Å². The second kappa shape index (κ2) is 6.59. The van der Waals surface area contributed by atoms with Crippen molar-refractivity contribution in [3.63, 3.8) is 0 Å². The maximum Gasteiger partial charge on any atom is 0.0580 e. The first-order valence-electron chi connectivity index (χ1n) is 8.04. The Balaban J connectivity index is 1.42. The predicted octanol–water partition coefficient (Wildman–Crippen LogP) is 2.41. The Hall–Kier alpha value is -1.06. The summed E-state index contributed by atoms with van der Waals surface area (Å²) in [5.74, 6) is 0.488. The summed E-state index contributed by atoms with van der Waals surface area (Å²) in [4.78, 5) is 2.47. The number of piperidine rings is 1. The molecule has 0 aromatic heterocycles. The third-order valence-corrected chi connectivity index (χ3v) is 4.90. The van der Waals surface area contributed by atoms with E-state index in [1.807, 2.05) is 0 Å². The molecule has 20 heavy (non-hydrogen) atoms.